The Balaban J connectivity index is 1.97. The molecular weight excluding hydrogens is 267 g/mol. The second-order valence-electron chi connectivity index (χ2n) is 5.23. The summed E-state index contributed by atoms with van der Waals surface area (Å²) >= 11 is 5.65. The molecule has 19 heavy (non-hydrogen) atoms. The second-order valence-corrected chi connectivity index (χ2v) is 5.67. The molecule has 0 bridgehead atoms. The van der Waals surface area contributed by atoms with Gasteiger partial charge in [-0.2, -0.15) is 0 Å². The molecule has 0 spiro atoms. The van der Waals surface area contributed by atoms with Gasteiger partial charge in [-0.15, -0.1) is 0 Å². The van der Waals surface area contributed by atoms with Gasteiger partial charge in [0.1, 0.15) is 5.82 Å². The number of carbonyl (C=O) groups is 1. The first-order valence-electron chi connectivity index (χ1n) is 6.52. The Bertz CT molecular complexity index is 473. The smallest absolute Gasteiger partial charge is 0.254 e. The van der Waals surface area contributed by atoms with Crippen LogP contribution in [0.25, 0.3) is 0 Å². The summed E-state index contributed by atoms with van der Waals surface area (Å²) in [6.07, 6.45) is 5.16. The fourth-order valence-corrected chi connectivity index (χ4v) is 2.62. The van der Waals surface area contributed by atoms with E-state index >= 15 is 0 Å². The van der Waals surface area contributed by atoms with Crippen LogP contribution in [0, 0.1) is 5.82 Å². The minimum absolute atomic E-state index is 0.00353. The average Bonchev–Trinajstić information content (AvgIpc) is 2.37. The Labute approximate surface area is 117 Å². The Morgan fingerprint density at radius 1 is 1.37 bits per heavy atom. The second kappa shape index (κ2) is 5.88. The summed E-state index contributed by atoms with van der Waals surface area (Å²) in [6.45, 7) is 0.383. The third-order valence-electron chi connectivity index (χ3n) is 3.63. The number of amides is 1. The lowest BCUT2D eigenvalue weighted by Crippen LogP contribution is -2.51. The van der Waals surface area contributed by atoms with Crippen molar-refractivity contribution in [3.05, 3.63) is 34.6 Å². The van der Waals surface area contributed by atoms with Gasteiger partial charge in [-0.25, -0.2) is 4.39 Å². The number of benzene rings is 1. The van der Waals surface area contributed by atoms with Crippen LogP contribution in [-0.4, -0.2) is 18.0 Å². The molecule has 0 aliphatic heterocycles. The van der Waals surface area contributed by atoms with Crippen LogP contribution in [0.2, 0.25) is 5.02 Å². The number of nitrogens with one attached hydrogen (secondary N) is 1. The summed E-state index contributed by atoms with van der Waals surface area (Å²) in [5, 5.41) is 3.00. The number of hydrogen-bond donors (Lipinski definition) is 2. The standard InChI is InChI=1S/C14H18ClFN2O/c15-10-4-5-11(12(16)8-10)13(19)18-9-14(17)6-2-1-3-7-14/h4-5,8H,1-3,6-7,9,17H2,(H,18,19). The van der Waals surface area contributed by atoms with Crippen LogP contribution in [0.3, 0.4) is 0 Å². The van der Waals surface area contributed by atoms with E-state index in [1.807, 2.05) is 0 Å². The Morgan fingerprint density at radius 2 is 2.05 bits per heavy atom. The van der Waals surface area contributed by atoms with Crippen molar-refractivity contribution in [2.75, 3.05) is 6.54 Å². The SMILES string of the molecule is NC1(CNC(=O)c2ccc(Cl)cc2F)CCCCC1. The zero-order valence-corrected chi connectivity index (χ0v) is 11.5. The van der Waals surface area contributed by atoms with Gasteiger partial charge >= 0.3 is 0 Å². The van der Waals surface area contributed by atoms with Gasteiger partial charge in [-0.1, -0.05) is 30.9 Å². The highest BCUT2D eigenvalue weighted by molar-refractivity contribution is 6.30. The van der Waals surface area contributed by atoms with Crippen LogP contribution in [0.15, 0.2) is 18.2 Å². The van der Waals surface area contributed by atoms with Crippen molar-refractivity contribution in [1.82, 2.24) is 5.32 Å². The summed E-state index contributed by atoms with van der Waals surface area (Å²) < 4.78 is 13.6. The fourth-order valence-electron chi connectivity index (χ4n) is 2.46. The summed E-state index contributed by atoms with van der Waals surface area (Å²) in [4.78, 5) is 11.9. The van der Waals surface area contributed by atoms with Gasteiger partial charge in [0.2, 0.25) is 0 Å². The van der Waals surface area contributed by atoms with Gasteiger partial charge in [-0.3, -0.25) is 4.79 Å². The van der Waals surface area contributed by atoms with E-state index in [9.17, 15) is 9.18 Å². The molecule has 0 saturated heterocycles. The van der Waals surface area contributed by atoms with Crippen LogP contribution >= 0.6 is 11.6 Å². The normalized spacial score (nSPS) is 18.1. The number of carbonyl (C=O) groups excluding carboxylic acids is 1. The lowest BCUT2D eigenvalue weighted by Gasteiger charge is -2.33. The molecule has 0 aromatic heterocycles. The van der Waals surface area contributed by atoms with Gasteiger partial charge < -0.3 is 11.1 Å². The van der Waals surface area contributed by atoms with Crippen molar-refractivity contribution in [2.24, 2.45) is 5.73 Å². The molecule has 0 unspecified atom stereocenters. The number of rotatable bonds is 3. The molecule has 3 nitrogen and oxygen atoms in total. The van der Waals surface area contributed by atoms with Gasteiger partial charge in [0.05, 0.1) is 5.56 Å². The van der Waals surface area contributed by atoms with Gasteiger partial charge in [-0.05, 0) is 31.0 Å². The van der Waals surface area contributed by atoms with E-state index in [4.69, 9.17) is 17.3 Å². The molecular formula is C14H18ClFN2O. The van der Waals surface area contributed by atoms with Crippen molar-refractivity contribution in [3.8, 4) is 0 Å². The zero-order chi connectivity index (χ0) is 13.9. The molecule has 1 fully saturated rings. The zero-order valence-electron chi connectivity index (χ0n) is 10.7. The highest BCUT2D eigenvalue weighted by Gasteiger charge is 2.28. The highest BCUT2D eigenvalue weighted by Crippen LogP contribution is 2.25. The fraction of sp³-hybridized carbons (Fsp3) is 0.500. The van der Waals surface area contributed by atoms with E-state index in [1.54, 1.807) is 0 Å². The predicted octanol–water partition coefficient (Wildman–Crippen LogP) is 2.87. The molecule has 104 valence electrons. The topological polar surface area (TPSA) is 55.1 Å². The first-order valence-corrected chi connectivity index (χ1v) is 6.90. The predicted molar refractivity (Wildman–Crippen MR) is 73.7 cm³/mol. The van der Waals surface area contributed by atoms with Crippen LogP contribution in [0.4, 0.5) is 4.39 Å². The minimum Gasteiger partial charge on any atom is -0.350 e. The molecule has 1 aliphatic carbocycles. The quantitative estimate of drug-likeness (QED) is 0.897. The van der Waals surface area contributed by atoms with E-state index in [0.29, 0.717) is 6.54 Å². The molecule has 1 aliphatic rings. The minimum atomic E-state index is -0.611. The van der Waals surface area contributed by atoms with E-state index in [2.05, 4.69) is 5.32 Å². The summed E-state index contributed by atoms with van der Waals surface area (Å²) in [6, 6.07) is 4.02. The van der Waals surface area contributed by atoms with Crippen molar-refractivity contribution >= 4 is 17.5 Å². The lowest BCUT2D eigenvalue weighted by molar-refractivity contribution is 0.0933. The Morgan fingerprint density at radius 3 is 2.68 bits per heavy atom. The summed E-state index contributed by atoms with van der Waals surface area (Å²) in [5.41, 5.74) is 5.87. The molecule has 2 rings (SSSR count). The number of hydrogen-bond acceptors (Lipinski definition) is 2. The molecule has 0 heterocycles. The Hall–Kier alpha value is -1.13. The summed E-state index contributed by atoms with van der Waals surface area (Å²) in [5.74, 6) is -1.05. The Kier molecular flexibility index (Phi) is 4.42. The van der Waals surface area contributed by atoms with Gasteiger partial charge in [0.25, 0.3) is 5.91 Å². The third-order valence-corrected chi connectivity index (χ3v) is 3.86. The third kappa shape index (κ3) is 3.67. The van der Waals surface area contributed by atoms with Crippen molar-refractivity contribution < 1.29 is 9.18 Å². The molecule has 1 saturated carbocycles. The molecule has 0 atom stereocenters. The molecule has 1 aromatic rings. The lowest BCUT2D eigenvalue weighted by atomic mass is 9.82. The highest BCUT2D eigenvalue weighted by atomic mass is 35.5. The maximum atomic E-state index is 13.6. The van der Waals surface area contributed by atoms with Gasteiger partial charge in [0, 0.05) is 17.1 Å². The number of nitrogens with two attached hydrogens (primary N) is 1. The maximum Gasteiger partial charge on any atom is 0.254 e. The molecule has 0 radical (unpaired) electrons. The van der Waals surface area contributed by atoms with E-state index in [0.717, 1.165) is 31.7 Å². The van der Waals surface area contributed by atoms with E-state index in [1.165, 1.54) is 18.6 Å². The monoisotopic (exact) mass is 284 g/mol. The van der Waals surface area contributed by atoms with E-state index in [-0.39, 0.29) is 16.1 Å². The van der Waals surface area contributed by atoms with Crippen LogP contribution in [0.1, 0.15) is 42.5 Å². The van der Waals surface area contributed by atoms with Crippen LogP contribution < -0.4 is 11.1 Å². The first kappa shape index (κ1) is 14.3. The summed E-state index contributed by atoms with van der Waals surface area (Å²) in [7, 11) is 0. The van der Waals surface area contributed by atoms with Gasteiger partial charge in [0.15, 0.2) is 0 Å². The molecule has 1 amide bonds. The van der Waals surface area contributed by atoms with Crippen molar-refractivity contribution in [3.63, 3.8) is 0 Å². The van der Waals surface area contributed by atoms with Crippen molar-refractivity contribution in [1.29, 1.82) is 0 Å². The van der Waals surface area contributed by atoms with Crippen LogP contribution in [0.5, 0.6) is 0 Å². The maximum absolute atomic E-state index is 13.6. The molecule has 5 heteroatoms. The molecule has 1 aromatic carbocycles. The van der Waals surface area contributed by atoms with Crippen LogP contribution in [-0.2, 0) is 0 Å². The first-order chi connectivity index (χ1) is 9.00. The number of halogens is 2. The largest absolute Gasteiger partial charge is 0.350 e. The van der Waals surface area contributed by atoms with Crippen molar-refractivity contribution in [2.45, 2.75) is 37.6 Å². The van der Waals surface area contributed by atoms with E-state index < -0.39 is 11.7 Å². The molecule has 3 N–H and O–H groups in total. The average molecular weight is 285 g/mol.